The van der Waals surface area contributed by atoms with Crippen molar-refractivity contribution in [1.82, 2.24) is 14.8 Å². The molecule has 0 unspecified atom stereocenters. The van der Waals surface area contributed by atoms with Gasteiger partial charge in [0.05, 0.1) is 29.0 Å². The average Bonchev–Trinajstić information content (AvgIpc) is 2.89. The van der Waals surface area contributed by atoms with Crippen LogP contribution < -0.4 is 0 Å². The Morgan fingerprint density at radius 3 is 3.00 bits per heavy atom. The molecule has 0 amide bonds. The van der Waals surface area contributed by atoms with Crippen LogP contribution in [0.3, 0.4) is 0 Å². The van der Waals surface area contributed by atoms with Crippen molar-refractivity contribution < 1.29 is 5.11 Å². The number of aliphatic hydroxyl groups is 1. The van der Waals surface area contributed by atoms with Crippen LogP contribution >= 0.6 is 11.3 Å². The van der Waals surface area contributed by atoms with E-state index < -0.39 is 6.10 Å². The van der Waals surface area contributed by atoms with Crippen molar-refractivity contribution in [3.8, 4) is 0 Å². The van der Waals surface area contributed by atoms with Crippen LogP contribution in [0.5, 0.6) is 0 Å². The second kappa shape index (κ2) is 5.42. The summed E-state index contributed by atoms with van der Waals surface area (Å²) < 4.78 is 1.81. The zero-order valence-electron chi connectivity index (χ0n) is 10.1. The molecule has 0 saturated carbocycles. The Bertz CT molecular complexity index is 476. The van der Waals surface area contributed by atoms with Gasteiger partial charge < -0.3 is 5.11 Å². The van der Waals surface area contributed by atoms with Gasteiger partial charge in [-0.25, -0.2) is 4.98 Å². The van der Waals surface area contributed by atoms with E-state index in [2.05, 4.69) is 22.4 Å². The summed E-state index contributed by atoms with van der Waals surface area (Å²) in [7, 11) is 0. The van der Waals surface area contributed by atoms with Crippen molar-refractivity contribution in [2.75, 3.05) is 0 Å². The molecular formula is C12H17N3OS. The maximum Gasteiger partial charge on any atom is 0.0950 e. The highest BCUT2D eigenvalue weighted by Gasteiger charge is 2.06. The van der Waals surface area contributed by atoms with Gasteiger partial charge in [-0.2, -0.15) is 5.10 Å². The number of nitrogens with zero attached hydrogens (tertiary/aromatic N) is 3. The Labute approximate surface area is 105 Å². The van der Waals surface area contributed by atoms with Crippen LogP contribution in [-0.2, 0) is 13.0 Å². The van der Waals surface area contributed by atoms with Crippen molar-refractivity contribution in [3.05, 3.63) is 34.0 Å². The third-order valence-corrected chi connectivity index (χ3v) is 3.43. The van der Waals surface area contributed by atoms with E-state index in [1.165, 1.54) is 5.01 Å². The topological polar surface area (TPSA) is 50.9 Å². The Morgan fingerprint density at radius 1 is 1.53 bits per heavy atom. The van der Waals surface area contributed by atoms with Crippen LogP contribution in [0.2, 0.25) is 0 Å². The molecule has 2 heterocycles. The minimum Gasteiger partial charge on any atom is -0.387 e. The van der Waals surface area contributed by atoms with Gasteiger partial charge in [-0.1, -0.05) is 6.92 Å². The van der Waals surface area contributed by atoms with E-state index in [0.717, 1.165) is 18.5 Å². The van der Waals surface area contributed by atoms with Crippen LogP contribution in [0.1, 0.15) is 42.8 Å². The molecule has 0 saturated heterocycles. The van der Waals surface area contributed by atoms with Gasteiger partial charge in [0.15, 0.2) is 0 Å². The van der Waals surface area contributed by atoms with Gasteiger partial charge in [0.1, 0.15) is 0 Å². The Balaban J connectivity index is 2.03. The quantitative estimate of drug-likeness (QED) is 0.887. The van der Waals surface area contributed by atoms with Crippen molar-refractivity contribution in [2.24, 2.45) is 0 Å². The van der Waals surface area contributed by atoms with E-state index in [1.54, 1.807) is 18.3 Å². The molecule has 0 aliphatic carbocycles. The summed E-state index contributed by atoms with van der Waals surface area (Å²) >= 11 is 1.70. The van der Waals surface area contributed by atoms with E-state index in [1.807, 2.05) is 16.9 Å². The van der Waals surface area contributed by atoms with Gasteiger partial charge in [-0.3, -0.25) is 4.68 Å². The fourth-order valence-electron chi connectivity index (χ4n) is 1.60. The second-order valence-electron chi connectivity index (χ2n) is 4.10. The predicted molar refractivity (Wildman–Crippen MR) is 68.1 cm³/mol. The lowest BCUT2D eigenvalue weighted by atomic mass is 10.3. The van der Waals surface area contributed by atoms with Gasteiger partial charge in [0.25, 0.3) is 0 Å². The molecule has 0 spiro atoms. The SMILES string of the molecule is CCCc1nc(Cn2ccc([C@H](C)O)n2)cs1. The van der Waals surface area contributed by atoms with Crippen molar-refractivity contribution in [1.29, 1.82) is 0 Å². The molecular weight excluding hydrogens is 234 g/mol. The predicted octanol–water partition coefficient (Wildman–Crippen LogP) is 2.39. The summed E-state index contributed by atoms with van der Waals surface area (Å²) in [6, 6.07) is 1.84. The van der Waals surface area contributed by atoms with E-state index in [-0.39, 0.29) is 0 Å². The smallest absolute Gasteiger partial charge is 0.0950 e. The van der Waals surface area contributed by atoms with Crippen LogP contribution in [-0.4, -0.2) is 19.9 Å². The summed E-state index contributed by atoms with van der Waals surface area (Å²) in [5, 5.41) is 16.9. The Hall–Kier alpha value is -1.20. The fraction of sp³-hybridized carbons (Fsp3) is 0.500. The highest BCUT2D eigenvalue weighted by molar-refractivity contribution is 7.09. The van der Waals surface area contributed by atoms with E-state index in [4.69, 9.17) is 0 Å². The molecule has 92 valence electrons. The summed E-state index contributed by atoms with van der Waals surface area (Å²) in [4.78, 5) is 4.54. The summed E-state index contributed by atoms with van der Waals surface area (Å²) in [5.74, 6) is 0. The first-order chi connectivity index (χ1) is 8.19. The minimum atomic E-state index is -0.512. The van der Waals surface area contributed by atoms with E-state index in [0.29, 0.717) is 12.2 Å². The molecule has 17 heavy (non-hydrogen) atoms. The standard InChI is InChI=1S/C12H17N3OS/c1-3-4-12-13-10(8-17-12)7-15-6-5-11(14-15)9(2)16/h5-6,8-9,16H,3-4,7H2,1-2H3/t9-/m0/s1. The Morgan fingerprint density at radius 2 is 2.35 bits per heavy atom. The number of rotatable bonds is 5. The zero-order valence-corrected chi connectivity index (χ0v) is 10.9. The number of aromatic nitrogens is 3. The first-order valence-electron chi connectivity index (χ1n) is 5.83. The minimum absolute atomic E-state index is 0.512. The zero-order chi connectivity index (χ0) is 12.3. The molecule has 0 fully saturated rings. The van der Waals surface area contributed by atoms with Crippen LogP contribution in [0.15, 0.2) is 17.6 Å². The molecule has 0 bridgehead atoms. The van der Waals surface area contributed by atoms with Gasteiger partial charge >= 0.3 is 0 Å². The molecule has 4 nitrogen and oxygen atoms in total. The average molecular weight is 251 g/mol. The molecule has 0 aromatic carbocycles. The maximum absolute atomic E-state index is 9.39. The third-order valence-electron chi connectivity index (χ3n) is 2.48. The van der Waals surface area contributed by atoms with Gasteiger partial charge in [-0.05, 0) is 25.8 Å². The molecule has 2 aromatic heterocycles. The van der Waals surface area contributed by atoms with Crippen LogP contribution in [0, 0.1) is 0 Å². The Kier molecular flexibility index (Phi) is 3.91. The number of aliphatic hydroxyl groups excluding tert-OH is 1. The molecule has 1 atom stereocenters. The van der Waals surface area contributed by atoms with Gasteiger partial charge in [-0.15, -0.1) is 11.3 Å². The highest BCUT2D eigenvalue weighted by Crippen LogP contribution is 2.14. The number of thiazole rings is 1. The molecule has 0 aliphatic rings. The number of hydrogen-bond acceptors (Lipinski definition) is 4. The molecule has 2 rings (SSSR count). The summed E-state index contributed by atoms with van der Waals surface area (Å²) in [5.41, 5.74) is 1.74. The number of aryl methyl sites for hydroxylation is 1. The fourth-order valence-corrected chi connectivity index (χ4v) is 2.50. The second-order valence-corrected chi connectivity index (χ2v) is 5.04. The molecule has 2 aromatic rings. The molecule has 0 aliphatic heterocycles. The number of hydrogen-bond donors (Lipinski definition) is 1. The lowest BCUT2D eigenvalue weighted by Crippen LogP contribution is -2.02. The first-order valence-corrected chi connectivity index (χ1v) is 6.71. The molecule has 1 N–H and O–H groups in total. The summed E-state index contributed by atoms with van der Waals surface area (Å²) in [6.07, 6.45) is 3.53. The van der Waals surface area contributed by atoms with Gasteiger partial charge in [0.2, 0.25) is 0 Å². The first kappa shape index (κ1) is 12.3. The van der Waals surface area contributed by atoms with Crippen molar-refractivity contribution in [2.45, 2.75) is 39.3 Å². The van der Waals surface area contributed by atoms with E-state index >= 15 is 0 Å². The lowest BCUT2D eigenvalue weighted by Gasteiger charge is -1.99. The van der Waals surface area contributed by atoms with E-state index in [9.17, 15) is 5.11 Å². The molecule has 5 heteroatoms. The summed E-state index contributed by atoms with van der Waals surface area (Å²) in [6.45, 7) is 4.55. The molecule has 0 radical (unpaired) electrons. The third kappa shape index (κ3) is 3.14. The normalized spacial score (nSPS) is 12.9. The largest absolute Gasteiger partial charge is 0.387 e. The van der Waals surface area contributed by atoms with Crippen molar-refractivity contribution >= 4 is 11.3 Å². The van der Waals surface area contributed by atoms with Crippen LogP contribution in [0.4, 0.5) is 0 Å². The van der Waals surface area contributed by atoms with Crippen LogP contribution in [0.25, 0.3) is 0 Å². The van der Waals surface area contributed by atoms with Crippen molar-refractivity contribution in [3.63, 3.8) is 0 Å². The highest BCUT2D eigenvalue weighted by atomic mass is 32.1. The lowest BCUT2D eigenvalue weighted by molar-refractivity contribution is 0.193. The maximum atomic E-state index is 9.39. The van der Waals surface area contributed by atoms with Gasteiger partial charge in [0, 0.05) is 11.6 Å². The monoisotopic (exact) mass is 251 g/mol.